The Morgan fingerprint density at radius 1 is 1.12 bits per heavy atom. The van der Waals surface area contributed by atoms with Crippen molar-refractivity contribution < 1.29 is 19.1 Å². The number of hydrogen-bond acceptors (Lipinski definition) is 4. The number of carbonyl (C=O) groups excluding carboxylic acids is 2. The van der Waals surface area contributed by atoms with Crippen LogP contribution in [0.2, 0.25) is 0 Å². The topological polar surface area (TPSA) is 64.6 Å². The van der Waals surface area contributed by atoms with Gasteiger partial charge >= 0.3 is 5.97 Å². The van der Waals surface area contributed by atoms with E-state index in [1.54, 1.807) is 50.4 Å². The quantitative estimate of drug-likeness (QED) is 0.828. The van der Waals surface area contributed by atoms with Crippen molar-refractivity contribution in [1.82, 2.24) is 0 Å². The standard InChI is InChI=1S/C19H21NO4/c1-13-7-9-16(10-8-13)20-19(22)14(2)24-18(21)12-15-5-4-6-17(11-15)23-3/h4-11,14H,12H2,1-3H3,(H,20,22)/t14-/m0/s1. The molecular weight excluding hydrogens is 306 g/mol. The van der Waals surface area contributed by atoms with Crippen molar-refractivity contribution in [3.63, 3.8) is 0 Å². The van der Waals surface area contributed by atoms with Crippen LogP contribution in [-0.4, -0.2) is 25.1 Å². The average molecular weight is 327 g/mol. The van der Waals surface area contributed by atoms with Gasteiger partial charge in [-0.05, 0) is 43.7 Å². The van der Waals surface area contributed by atoms with Gasteiger partial charge in [-0.2, -0.15) is 0 Å². The highest BCUT2D eigenvalue weighted by Crippen LogP contribution is 2.14. The van der Waals surface area contributed by atoms with Crippen molar-refractivity contribution in [3.8, 4) is 5.75 Å². The summed E-state index contributed by atoms with van der Waals surface area (Å²) in [6.07, 6.45) is -0.788. The molecule has 1 atom stereocenters. The average Bonchev–Trinajstić information content (AvgIpc) is 2.56. The Hall–Kier alpha value is -2.82. The van der Waals surface area contributed by atoms with Crippen molar-refractivity contribution in [3.05, 3.63) is 59.7 Å². The maximum atomic E-state index is 12.1. The molecule has 0 saturated heterocycles. The highest BCUT2D eigenvalue weighted by Gasteiger charge is 2.18. The van der Waals surface area contributed by atoms with E-state index in [0.29, 0.717) is 11.4 Å². The number of ether oxygens (including phenoxy) is 2. The van der Waals surface area contributed by atoms with E-state index in [9.17, 15) is 9.59 Å². The Morgan fingerprint density at radius 3 is 2.50 bits per heavy atom. The van der Waals surface area contributed by atoms with E-state index in [0.717, 1.165) is 11.1 Å². The number of carbonyl (C=O) groups is 2. The molecule has 0 saturated carbocycles. The number of nitrogens with one attached hydrogen (secondary N) is 1. The number of amides is 1. The molecule has 2 rings (SSSR count). The summed E-state index contributed by atoms with van der Waals surface area (Å²) < 4.78 is 10.3. The van der Waals surface area contributed by atoms with E-state index in [1.165, 1.54) is 0 Å². The zero-order valence-corrected chi connectivity index (χ0v) is 14.0. The minimum Gasteiger partial charge on any atom is -0.497 e. The third kappa shape index (κ3) is 5.12. The second-order valence-corrected chi connectivity index (χ2v) is 5.52. The summed E-state index contributed by atoms with van der Waals surface area (Å²) in [5.41, 5.74) is 2.54. The number of aryl methyl sites for hydroxylation is 1. The fourth-order valence-corrected chi connectivity index (χ4v) is 2.12. The number of benzene rings is 2. The minimum absolute atomic E-state index is 0.0827. The SMILES string of the molecule is COc1cccc(CC(=O)O[C@@H](C)C(=O)Nc2ccc(C)cc2)c1. The Balaban J connectivity index is 1.88. The van der Waals surface area contributed by atoms with Crippen LogP contribution in [0.15, 0.2) is 48.5 Å². The van der Waals surface area contributed by atoms with Crippen LogP contribution in [0.4, 0.5) is 5.69 Å². The molecule has 0 unspecified atom stereocenters. The van der Waals surface area contributed by atoms with Gasteiger partial charge in [-0.25, -0.2) is 0 Å². The molecule has 0 radical (unpaired) electrons. The maximum Gasteiger partial charge on any atom is 0.311 e. The predicted octanol–water partition coefficient (Wildman–Crippen LogP) is 3.12. The first-order chi connectivity index (χ1) is 11.5. The van der Waals surface area contributed by atoms with Gasteiger partial charge in [0.25, 0.3) is 5.91 Å². The van der Waals surface area contributed by atoms with Crippen molar-refractivity contribution in [2.75, 3.05) is 12.4 Å². The van der Waals surface area contributed by atoms with Gasteiger partial charge < -0.3 is 14.8 Å². The Labute approximate surface area is 141 Å². The number of hydrogen-bond donors (Lipinski definition) is 1. The first-order valence-corrected chi connectivity index (χ1v) is 7.68. The molecule has 1 N–H and O–H groups in total. The van der Waals surface area contributed by atoms with Crippen LogP contribution in [0, 0.1) is 6.92 Å². The molecule has 1 amide bonds. The van der Waals surface area contributed by atoms with Gasteiger partial charge in [0.1, 0.15) is 5.75 Å². The number of esters is 1. The molecule has 0 aliphatic carbocycles. The Morgan fingerprint density at radius 2 is 1.83 bits per heavy atom. The summed E-state index contributed by atoms with van der Waals surface area (Å²) in [5.74, 6) is -0.155. The molecule has 2 aromatic rings. The van der Waals surface area contributed by atoms with Gasteiger partial charge in [-0.1, -0.05) is 29.8 Å². The van der Waals surface area contributed by atoms with E-state index in [4.69, 9.17) is 9.47 Å². The highest BCUT2D eigenvalue weighted by molar-refractivity contribution is 5.95. The van der Waals surface area contributed by atoms with E-state index in [1.807, 2.05) is 19.1 Å². The molecule has 0 heterocycles. The molecule has 0 aromatic heterocycles. The van der Waals surface area contributed by atoms with Gasteiger partial charge in [-0.15, -0.1) is 0 Å². The molecule has 5 nitrogen and oxygen atoms in total. The second kappa shape index (κ2) is 8.15. The van der Waals surface area contributed by atoms with Crippen LogP contribution in [0.5, 0.6) is 5.75 Å². The van der Waals surface area contributed by atoms with Crippen LogP contribution in [0.3, 0.4) is 0 Å². The lowest BCUT2D eigenvalue weighted by Crippen LogP contribution is -2.30. The third-order valence-corrected chi connectivity index (χ3v) is 3.48. The monoisotopic (exact) mass is 327 g/mol. The summed E-state index contributed by atoms with van der Waals surface area (Å²) in [4.78, 5) is 24.1. The number of anilines is 1. The van der Waals surface area contributed by atoms with E-state index in [2.05, 4.69) is 5.32 Å². The van der Waals surface area contributed by atoms with E-state index in [-0.39, 0.29) is 12.3 Å². The van der Waals surface area contributed by atoms with Crippen molar-refractivity contribution in [1.29, 1.82) is 0 Å². The summed E-state index contributed by atoms with van der Waals surface area (Å²) in [6.45, 7) is 3.52. The lowest BCUT2D eigenvalue weighted by molar-refractivity contribution is -0.152. The summed E-state index contributed by atoms with van der Waals surface area (Å²) in [5, 5.41) is 2.72. The lowest BCUT2D eigenvalue weighted by Gasteiger charge is -2.14. The van der Waals surface area contributed by atoms with Gasteiger partial charge in [0.05, 0.1) is 13.5 Å². The summed E-state index contributed by atoms with van der Waals surface area (Å²) >= 11 is 0. The lowest BCUT2D eigenvalue weighted by atomic mass is 10.1. The smallest absolute Gasteiger partial charge is 0.311 e. The maximum absolute atomic E-state index is 12.1. The van der Waals surface area contributed by atoms with Crippen molar-refractivity contribution in [2.45, 2.75) is 26.4 Å². The van der Waals surface area contributed by atoms with Gasteiger partial charge in [-0.3, -0.25) is 9.59 Å². The summed E-state index contributed by atoms with van der Waals surface area (Å²) in [6, 6.07) is 14.6. The van der Waals surface area contributed by atoms with Crippen LogP contribution < -0.4 is 10.1 Å². The Bertz CT molecular complexity index is 710. The van der Waals surface area contributed by atoms with Gasteiger partial charge in [0, 0.05) is 5.69 Å². The first-order valence-electron chi connectivity index (χ1n) is 7.68. The zero-order valence-electron chi connectivity index (χ0n) is 14.0. The second-order valence-electron chi connectivity index (χ2n) is 5.52. The first kappa shape index (κ1) is 17.5. The minimum atomic E-state index is -0.871. The molecule has 0 bridgehead atoms. The van der Waals surface area contributed by atoms with E-state index >= 15 is 0 Å². The normalized spacial score (nSPS) is 11.5. The molecule has 2 aromatic carbocycles. The Kier molecular flexibility index (Phi) is 5.95. The highest BCUT2D eigenvalue weighted by atomic mass is 16.5. The van der Waals surface area contributed by atoms with Gasteiger partial charge in [0.15, 0.2) is 6.10 Å². The molecular formula is C19H21NO4. The third-order valence-electron chi connectivity index (χ3n) is 3.48. The fraction of sp³-hybridized carbons (Fsp3) is 0.263. The molecule has 24 heavy (non-hydrogen) atoms. The zero-order chi connectivity index (χ0) is 17.5. The van der Waals surface area contributed by atoms with E-state index < -0.39 is 12.1 Å². The summed E-state index contributed by atoms with van der Waals surface area (Å²) in [7, 11) is 1.56. The fourth-order valence-electron chi connectivity index (χ4n) is 2.12. The van der Waals surface area contributed by atoms with Gasteiger partial charge in [0.2, 0.25) is 0 Å². The molecule has 5 heteroatoms. The van der Waals surface area contributed by atoms with Crippen LogP contribution in [-0.2, 0) is 20.7 Å². The molecule has 0 spiro atoms. The molecule has 0 fully saturated rings. The van der Waals surface area contributed by atoms with Crippen molar-refractivity contribution in [2.24, 2.45) is 0 Å². The van der Waals surface area contributed by atoms with Crippen LogP contribution in [0.1, 0.15) is 18.1 Å². The number of methoxy groups -OCH3 is 1. The number of rotatable bonds is 6. The van der Waals surface area contributed by atoms with Crippen LogP contribution in [0.25, 0.3) is 0 Å². The van der Waals surface area contributed by atoms with Crippen molar-refractivity contribution >= 4 is 17.6 Å². The largest absolute Gasteiger partial charge is 0.497 e. The molecule has 0 aliphatic rings. The predicted molar refractivity (Wildman–Crippen MR) is 92.1 cm³/mol. The van der Waals surface area contributed by atoms with Crippen LogP contribution >= 0.6 is 0 Å². The molecule has 0 aliphatic heterocycles. The molecule has 126 valence electrons.